The molecular weight excluding hydrogens is 252 g/mol. The summed E-state index contributed by atoms with van der Waals surface area (Å²) in [7, 11) is 0. The van der Waals surface area contributed by atoms with Crippen LogP contribution < -0.4 is 11.1 Å². The molecular formula is C13H27ClN2O2. The van der Waals surface area contributed by atoms with Gasteiger partial charge in [-0.15, -0.1) is 19.0 Å². The fourth-order valence-corrected chi connectivity index (χ4v) is 1.53. The number of hydrogen-bond acceptors (Lipinski definition) is 3. The summed E-state index contributed by atoms with van der Waals surface area (Å²) in [6.45, 7) is 10.4. The van der Waals surface area contributed by atoms with Crippen molar-refractivity contribution in [1.29, 1.82) is 0 Å². The smallest absolute Gasteiger partial charge is 0.249 e. The molecule has 0 saturated heterocycles. The average Bonchev–Trinajstić information content (AvgIpc) is 2.36. The van der Waals surface area contributed by atoms with Gasteiger partial charge in [0.15, 0.2) is 0 Å². The van der Waals surface area contributed by atoms with Crippen molar-refractivity contribution in [2.24, 2.45) is 5.73 Å². The number of halogens is 1. The van der Waals surface area contributed by atoms with Crippen LogP contribution in [0.1, 0.15) is 40.0 Å². The molecule has 18 heavy (non-hydrogen) atoms. The molecule has 4 nitrogen and oxygen atoms in total. The van der Waals surface area contributed by atoms with E-state index in [4.69, 9.17) is 10.5 Å². The van der Waals surface area contributed by atoms with E-state index in [0.717, 1.165) is 19.3 Å². The lowest BCUT2D eigenvalue weighted by Gasteiger charge is -2.32. The summed E-state index contributed by atoms with van der Waals surface area (Å²) in [5.74, 6) is -0.0942. The molecule has 5 heteroatoms. The Bertz CT molecular complexity index is 235. The lowest BCUT2D eigenvalue weighted by atomic mass is 9.92. The Hall–Kier alpha value is -0.580. The van der Waals surface area contributed by atoms with Crippen LogP contribution in [0, 0.1) is 0 Å². The number of hydrogen-bond donors (Lipinski definition) is 2. The van der Waals surface area contributed by atoms with Gasteiger partial charge < -0.3 is 15.8 Å². The van der Waals surface area contributed by atoms with Crippen molar-refractivity contribution < 1.29 is 9.53 Å². The number of ether oxygens (including phenoxy) is 1. The molecule has 0 fully saturated rings. The Balaban J connectivity index is 0. The van der Waals surface area contributed by atoms with Crippen LogP contribution in [-0.4, -0.2) is 30.7 Å². The van der Waals surface area contributed by atoms with Gasteiger partial charge in [0.1, 0.15) is 6.10 Å². The molecule has 0 aromatic rings. The number of nitrogens with one attached hydrogen (secondary N) is 1. The third-order valence-corrected chi connectivity index (χ3v) is 3.19. The van der Waals surface area contributed by atoms with Crippen molar-refractivity contribution in [3.8, 4) is 0 Å². The van der Waals surface area contributed by atoms with E-state index in [1.807, 2.05) is 13.8 Å². The molecule has 0 aliphatic heterocycles. The first-order valence-electron chi connectivity index (χ1n) is 6.29. The van der Waals surface area contributed by atoms with Crippen LogP contribution in [0.4, 0.5) is 0 Å². The highest BCUT2D eigenvalue weighted by atomic mass is 35.5. The Kier molecular flexibility index (Phi) is 11.4. The summed E-state index contributed by atoms with van der Waals surface area (Å²) in [6.07, 6.45) is 3.73. The average molecular weight is 279 g/mol. The fourth-order valence-electron chi connectivity index (χ4n) is 1.53. The molecule has 1 unspecified atom stereocenters. The quantitative estimate of drug-likeness (QED) is 0.501. The van der Waals surface area contributed by atoms with Gasteiger partial charge in [0, 0.05) is 6.54 Å². The zero-order valence-electron chi connectivity index (χ0n) is 11.7. The van der Waals surface area contributed by atoms with Crippen molar-refractivity contribution in [2.75, 3.05) is 13.2 Å². The van der Waals surface area contributed by atoms with Gasteiger partial charge in [-0.3, -0.25) is 4.79 Å². The van der Waals surface area contributed by atoms with Gasteiger partial charge in [-0.25, -0.2) is 0 Å². The van der Waals surface area contributed by atoms with Gasteiger partial charge in [-0.1, -0.05) is 19.9 Å². The first-order chi connectivity index (χ1) is 8.05. The van der Waals surface area contributed by atoms with Gasteiger partial charge in [-0.05, 0) is 26.2 Å². The minimum absolute atomic E-state index is 0. The standard InChI is InChI=1S/C13H26N2O2.ClH/c1-5-8-9-17-11(4)12(16)15-13(6-2,7-3)10-14;/h5,11H,1,6-10,14H2,2-4H3,(H,15,16);1H. The van der Waals surface area contributed by atoms with Crippen molar-refractivity contribution in [2.45, 2.75) is 51.7 Å². The second kappa shape index (κ2) is 10.4. The first-order valence-corrected chi connectivity index (χ1v) is 6.29. The lowest BCUT2D eigenvalue weighted by molar-refractivity contribution is -0.133. The largest absolute Gasteiger partial charge is 0.368 e. The molecule has 0 rings (SSSR count). The third kappa shape index (κ3) is 6.38. The maximum absolute atomic E-state index is 11.9. The second-order valence-electron chi connectivity index (χ2n) is 4.27. The van der Waals surface area contributed by atoms with Crippen LogP contribution in [0.25, 0.3) is 0 Å². The number of carbonyl (C=O) groups excluding carboxylic acids is 1. The summed E-state index contributed by atoms with van der Waals surface area (Å²) in [4.78, 5) is 11.9. The Labute approximate surface area is 117 Å². The summed E-state index contributed by atoms with van der Waals surface area (Å²) in [5.41, 5.74) is 5.43. The normalized spacial score (nSPS) is 12.4. The predicted octanol–water partition coefficient (Wildman–Crippen LogP) is 2.02. The number of rotatable bonds is 9. The summed E-state index contributed by atoms with van der Waals surface area (Å²) in [5, 5.41) is 2.99. The maximum atomic E-state index is 11.9. The van der Waals surface area contributed by atoms with Crippen molar-refractivity contribution in [1.82, 2.24) is 5.32 Å². The SMILES string of the molecule is C=CCCOC(C)C(=O)NC(CC)(CC)CN.Cl. The fraction of sp³-hybridized carbons (Fsp3) is 0.769. The molecule has 0 radical (unpaired) electrons. The summed E-state index contributed by atoms with van der Waals surface area (Å²) >= 11 is 0. The monoisotopic (exact) mass is 278 g/mol. The molecule has 0 aliphatic rings. The summed E-state index contributed by atoms with van der Waals surface area (Å²) < 4.78 is 5.40. The first kappa shape index (κ1) is 19.8. The van der Waals surface area contributed by atoms with Crippen LogP contribution in [0.2, 0.25) is 0 Å². The van der Waals surface area contributed by atoms with Crippen LogP contribution in [0.3, 0.4) is 0 Å². The van der Waals surface area contributed by atoms with E-state index in [9.17, 15) is 4.79 Å². The zero-order chi connectivity index (χ0) is 13.3. The molecule has 0 bridgehead atoms. The van der Waals surface area contributed by atoms with E-state index in [1.54, 1.807) is 13.0 Å². The second-order valence-corrected chi connectivity index (χ2v) is 4.27. The van der Waals surface area contributed by atoms with Crippen LogP contribution in [-0.2, 0) is 9.53 Å². The molecule has 108 valence electrons. The predicted molar refractivity (Wildman–Crippen MR) is 78.0 cm³/mol. The van der Waals surface area contributed by atoms with Crippen LogP contribution in [0.5, 0.6) is 0 Å². The highest BCUT2D eigenvalue weighted by Crippen LogP contribution is 2.13. The van der Waals surface area contributed by atoms with Gasteiger partial charge in [0.05, 0.1) is 12.1 Å². The lowest BCUT2D eigenvalue weighted by Crippen LogP contribution is -2.55. The minimum atomic E-state index is -0.445. The third-order valence-electron chi connectivity index (χ3n) is 3.19. The van der Waals surface area contributed by atoms with Crippen molar-refractivity contribution >= 4 is 18.3 Å². The van der Waals surface area contributed by atoms with Crippen LogP contribution in [0.15, 0.2) is 12.7 Å². The van der Waals surface area contributed by atoms with Crippen LogP contribution >= 0.6 is 12.4 Å². The molecule has 0 spiro atoms. The molecule has 0 heterocycles. The molecule has 3 N–H and O–H groups in total. The van der Waals surface area contributed by atoms with E-state index < -0.39 is 6.10 Å². The summed E-state index contributed by atoms with van der Waals surface area (Å²) in [6, 6.07) is 0. The van der Waals surface area contributed by atoms with Crippen molar-refractivity contribution in [3.05, 3.63) is 12.7 Å². The maximum Gasteiger partial charge on any atom is 0.249 e. The van der Waals surface area contributed by atoms with Crippen molar-refractivity contribution in [3.63, 3.8) is 0 Å². The minimum Gasteiger partial charge on any atom is -0.368 e. The van der Waals surface area contributed by atoms with Gasteiger partial charge in [-0.2, -0.15) is 0 Å². The van der Waals surface area contributed by atoms with Gasteiger partial charge in [0.2, 0.25) is 5.91 Å². The van der Waals surface area contributed by atoms with E-state index in [2.05, 4.69) is 11.9 Å². The molecule has 0 saturated carbocycles. The van der Waals surface area contributed by atoms with E-state index >= 15 is 0 Å². The Morgan fingerprint density at radius 1 is 1.50 bits per heavy atom. The van der Waals surface area contributed by atoms with E-state index in [1.165, 1.54) is 0 Å². The molecule has 0 aromatic heterocycles. The van der Waals surface area contributed by atoms with Gasteiger partial charge >= 0.3 is 0 Å². The highest BCUT2D eigenvalue weighted by molar-refractivity contribution is 5.85. The molecule has 1 amide bonds. The van der Waals surface area contributed by atoms with Gasteiger partial charge in [0.25, 0.3) is 0 Å². The molecule has 0 aromatic carbocycles. The van der Waals surface area contributed by atoms with E-state index in [0.29, 0.717) is 13.2 Å². The number of carbonyl (C=O) groups is 1. The zero-order valence-corrected chi connectivity index (χ0v) is 12.5. The van der Waals surface area contributed by atoms with E-state index in [-0.39, 0.29) is 23.9 Å². The Morgan fingerprint density at radius 3 is 2.44 bits per heavy atom. The number of nitrogens with two attached hydrogens (primary N) is 1. The Morgan fingerprint density at radius 2 is 2.06 bits per heavy atom. The topological polar surface area (TPSA) is 64.3 Å². The number of amides is 1. The highest BCUT2D eigenvalue weighted by Gasteiger charge is 2.28. The molecule has 1 atom stereocenters. The molecule has 0 aliphatic carbocycles.